The van der Waals surface area contributed by atoms with Gasteiger partial charge in [0.2, 0.25) is 0 Å². The topological polar surface area (TPSA) is 3.24 Å². The van der Waals surface area contributed by atoms with Gasteiger partial charge in [0.05, 0.1) is 0 Å². The fourth-order valence-corrected chi connectivity index (χ4v) is 7.81. The van der Waals surface area contributed by atoms with Crippen LogP contribution in [-0.4, -0.2) is 0 Å². The van der Waals surface area contributed by atoms with E-state index < -0.39 is 0 Å². The third-order valence-corrected chi connectivity index (χ3v) is 10.2. The van der Waals surface area contributed by atoms with E-state index in [-0.39, 0.29) is 0 Å². The van der Waals surface area contributed by atoms with Crippen LogP contribution in [0, 0.1) is 0 Å². The first-order chi connectivity index (χ1) is 24.3. The smallest absolute Gasteiger partial charge is 0.0468 e. The molecule has 0 aliphatic rings. The Balaban J connectivity index is 1.13. The Morgan fingerprint density at radius 3 is 1.22 bits per heavy atom. The van der Waals surface area contributed by atoms with Crippen LogP contribution in [0.4, 0.5) is 17.1 Å². The zero-order valence-electron chi connectivity index (χ0n) is 26.8. The van der Waals surface area contributed by atoms with Crippen LogP contribution in [0.1, 0.15) is 0 Å². The van der Waals surface area contributed by atoms with E-state index in [1.165, 1.54) is 75.8 Å². The van der Waals surface area contributed by atoms with E-state index in [9.17, 15) is 0 Å². The number of nitrogens with zero attached hydrogens (tertiary/aromatic N) is 1. The highest BCUT2D eigenvalue weighted by Gasteiger charge is 2.16. The highest BCUT2D eigenvalue weighted by atomic mass is 15.1. The van der Waals surface area contributed by atoms with Crippen molar-refractivity contribution >= 4 is 81.7 Å². The van der Waals surface area contributed by atoms with Crippen LogP contribution < -0.4 is 4.90 Å². The second-order valence-corrected chi connectivity index (χ2v) is 13.0. The summed E-state index contributed by atoms with van der Waals surface area (Å²) in [5.74, 6) is 0. The summed E-state index contributed by atoms with van der Waals surface area (Å²) in [5.41, 5.74) is 5.84. The molecule has 0 aliphatic carbocycles. The molecular weight excluding hydrogens is 591 g/mol. The second-order valence-electron chi connectivity index (χ2n) is 13.0. The summed E-state index contributed by atoms with van der Waals surface area (Å²) in [4.78, 5) is 2.39. The van der Waals surface area contributed by atoms with Crippen molar-refractivity contribution in [2.45, 2.75) is 0 Å². The van der Waals surface area contributed by atoms with Gasteiger partial charge < -0.3 is 4.90 Å². The minimum Gasteiger partial charge on any atom is -0.310 e. The normalized spacial score (nSPS) is 11.7. The lowest BCUT2D eigenvalue weighted by Crippen LogP contribution is -2.10. The zero-order valence-corrected chi connectivity index (χ0v) is 26.8. The number of benzene rings is 10. The Bertz CT molecular complexity index is 2760. The summed E-state index contributed by atoms with van der Waals surface area (Å²) in [6, 6.07) is 68.9. The molecule has 0 radical (unpaired) electrons. The van der Waals surface area contributed by atoms with Crippen molar-refractivity contribution in [3.63, 3.8) is 0 Å². The number of anilines is 3. The third-order valence-electron chi connectivity index (χ3n) is 10.2. The Kier molecular flexibility index (Phi) is 6.25. The molecule has 0 aliphatic heterocycles. The van der Waals surface area contributed by atoms with Crippen LogP contribution in [0.5, 0.6) is 0 Å². The molecule has 10 rings (SSSR count). The van der Waals surface area contributed by atoms with Crippen molar-refractivity contribution in [1.82, 2.24) is 0 Å². The van der Waals surface area contributed by atoms with Gasteiger partial charge in [-0.05, 0) is 112 Å². The Hall–Kier alpha value is -6.44. The quantitative estimate of drug-likeness (QED) is 0.177. The summed E-state index contributed by atoms with van der Waals surface area (Å²) in [6.45, 7) is 0. The van der Waals surface area contributed by atoms with Gasteiger partial charge in [0.15, 0.2) is 0 Å². The predicted molar refractivity (Wildman–Crippen MR) is 212 cm³/mol. The highest BCUT2D eigenvalue weighted by molar-refractivity contribution is 6.13. The lowest BCUT2D eigenvalue weighted by Gasteiger charge is -2.27. The van der Waals surface area contributed by atoms with Crippen LogP contribution in [0.3, 0.4) is 0 Å². The van der Waals surface area contributed by atoms with Gasteiger partial charge in [-0.15, -0.1) is 0 Å². The molecule has 0 bridgehead atoms. The summed E-state index contributed by atoms with van der Waals surface area (Å²) < 4.78 is 0. The molecular formula is C48H31N. The first kappa shape index (κ1) is 27.7. The van der Waals surface area contributed by atoms with Crippen molar-refractivity contribution in [3.05, 3.63) is 188 Å². The number of fused-ring (bicyclic) bond motifs is 9. The first-order valence-corrected chi connectivity index (χ1v) is 16.9. The van der Waals surface area contributed by atoms with Gasteiger partial charge in [-0.1, -0.05) is 152 Å². The van der Waals surface area contributed by atoms with Gasteiger partial charge in [0.25, 0.3) is 0 Å². The van der Waals surface area contributed by atoms with Gasteiger partial charge >= 0.3 is 0 Å². The Labute approximate surface area is 284 Å². The molecule has 0 aromatic heterocycles. The maximum atomic E-state index is 2.39. The molecule has 0 N–H and O–H groups in total. The standard InChI is InChI=1S/C48H31N/c1-4-11-41-32(8-1)16-18-36-30-39(25-28-45(36)41)49(40-26-29-46-37(31-40)19-17-33-9-2-5-12-42(33)46)38-23-20-35(21-24-38)44-14-7-15-47-43-13-6-3-10-34(43)22-27-48(44)47/h1-31H. The first-order valence-electron chi connectivity index (χ1n) is 16.9. The molecule has 1 nitrogen and oxygen atoms in total. The van der Waals surface area contributed by atoms with E-state index in [0.717, 1.165) is 17.1 Å². The van der Waals surface area contributed by atoms with E-state index in [1.807, 2.05) is 0 Å². The van der Waals surface area contributed by atoms with E-state index in [4.69, 9.17) is 0 Å². The minimum atomic E-state index is 1.12. The number of hydrogen-bond acceptors (Lipinski definition) is 1. The lowest BCUT2D eigenvalue weighted by atomic mass is 9.94. The zero-order chi connectivity index (χ0) is 32.3. The molecule has 0 fully saturated rings. The average molecular weight is 622 g/mol. The molecule has 0 saturated carbocycles. The predicted octanol–water partition coefficient (Wildman–Crippen LogP) is 13.7. The maximum absolute atomic E-state index is 2.39. The van der Waals surface area contributed by atoms with Gasteiger partial charge in [-0.25, -0.2) is 0 Å². The molecule has 10 aromatic rings. The Morgan fingerprint density at radius 1 is 0.245 bits per heavy atom. The van der Waals surface area contributed by atoms with Gasteiger partial charge in [-0.2, -0.15) is 0 Å². The minimum absolute atomic E-state index is 1.12. The van der Waals surface area contributed by atoms with E-state index >= 15 is 0 Å². The van der Waals surface area contributed by atoms with Gasteiger partial charge in [0, 0.05) is 17.1 Å². The van der Waals surface area contributed by atoms with Crippen LogP contribution in [0.25, 0.3) is 75.8 Å². The maximum Gasteiger partial charge on any atom is 0.0468 e. The molecule has 0 atom stereocenters. The summed E-state index contributed by atoms with van der Waals surface area (Å²) in [7, 11) is 0. The van der Waals surface area contributed by atoms with Crippen LogP contribution >= 0.6 is 0 Å². The summed E-state index contributed by atoms with van der Waals surface area (Å²) >= 11 is 0. The number of hydrogen-bond donors (Lipinski definition) is 0. The van der Waals surface area contributed by atoms with Crippen molar-refractivity contribution in [2.75, 3.05) is 4.90 Å². The lowest BCUT2D eigenvalue weighted by molar-refractivity contribution is 1.30. The molecule has 228 valence electrons. The van der Waals surface area contributed by atoms with Crippen LogP contribution in [0.2, 0.25) is 0 Å². The molecule has 1 heteroatoms. The monoisotopic (exact) mass is 621 g/mol. The molecule has 0 unspecified atom stereocenters. The Morgan fingerprint density at radius 2 is 0.653 bits per heavy atom. The molecule has 0 saturated heterocycles. The third kappa shape index (κ3) is 4.55. The van der Waals surface area contributed by atoms with Crippen molar-refractivity contribution in [2.24, 2.45) is 0 Å². The number of rotatable bonds is 4. The SMILES string of the molecule is c1ccc2c(c1)ccc1cc(N(c3ccc(-c4cccc5c4ccc4ccccc45)cc3)c3ccc4c(ccc5ccccc54)c3)ccc12. The van der Waals surface area contributed by atoms with E-state index in [0.29, 0.717) is 0 Å². The second kappa shape index (κ2) is 11.1. The van der Waals surface area contributed by atoms with E-state index in [2.05, 4.69) is 193 Å². The van der Waals surface area contributed by atoms with Crippen LogP contribution in [-0.2, 0) is 0 Å². The summed E-state index contributed by atoms with van der Waals surface area (Å²) in [6.07, 6.45) is 0. The fraction of sp³-hybridized carbons (Fsp3) is 0. The molecule has 0 amide bonds. The van der Waals surface area contributed by atoms with Crippen molar-refractivity contribution in [1.29, 1.82) is 0 Å². The van der Waals surface area contributed by atoms with Crippen molar-refractivity contribution in [3.8, 4) is 11.1 Å². The molecule has 0 heterocycles. The molecule has 10 aromatic carbocycles. The fourth-order valence-electron chi connectivity index (χ4n) is 7.81. The van der Waals surface area contributed by atoms with Crippen molar-refractivity contribution < 1.29 is 0 Å². The molecule has 49 heavy (non-hydrogen) atoms. The molecule has 0 spiro atoms. The van der Waals surface area contributed by atoms with Gasteiger partial charge in [0.1, 0.15) is 0 Å². The average Bonchev–Trinajstić information content (AvgIpc) is 3.17. The largest absolute Gasteiger partial charge is 0.310 e. The summed E-state index contributed by atoms with van der Waals surface area (Å²) in [5, 5.41) is 15.2. The van der Waals surface area contributed by atoms with Crippen LogP contribution in [0.15, 0.2) is 188 Å². The van der Waals surface area contributed by atoms with E-state index in [1.54, 1.807) is 0 Å². The highest BCUT2D eigenvalue weighted by Crippen LogP contribution is 2.41. The van der Waals surface area contributed by atoms with Gasteiger partial charge in [-0.3, -0.25) is 0 Å².